The van der Waals surface area contributed by atoms with E-state index in [1.807, 2.05) is 0 Å². The number of aromatic nitrogens is 1. The molecular weight excluding hydrogens is 453 g/mol. The molecule has 1 saturated heterocycles. The highest BCUT2D eigenvalue weighted by Gasteiger charge is 2.33. The lowest BCUT2D eigenvalue weighted by Gasteiger charge is -2.30. The summed E-state index contributed by atoms with van der Waals surface area (Å²) >= 11 is 12.0. The quantitative estimate of drug-likeness (QED) is 0.569. The smallest absolute Gasteiger partial charge is 0.265 e. The summed E-state index contributed by atoms with van der Waals surface area (Å²) in [4.78, 5) is 24.0. The minimum atomic E-state index is -3.80. The first-order valence-corrected chi connectivity index (χ1v) is 11.2. The summed E-state index contributed by atoms with van der Waals surface area (Å²) in [5.41, 5.74) is 11.7. The lowest BCUT2D eigenvalue weighted by molar-refractivity contribution is -0.120. The van der Waals surface area contributed by atoms with Crippen molar-refractivity contribution in [2.75, 3.05) is 24.1 Å². The molecule has 9 nitrogen and oxygen atoms in total. The van der Waals surface area contributed by atoms with Crippen molar-refractivity contribution < 1.29 is 18.0 Å². The summed E-state index contributed by atoms with van der Waals surface area (Å²) in [5, 5.41) is 3.21. The Labute approximate surface area is 184 Å². The van der Waals surface area contributed by atoms with Gasteiger partial charge in [0.25, 0.3) is 5.91 Å². The Kier molecular flexibility index (Phi) is 6.32. The van der Waals surface area contributed by atoms with Crippen LogP contribution in [0.3, 0.4) is 0 Å². The second kappa shape index (κ2) is 8.46. The standard InChI is InChI=1S/C18H21Cl2N5O4S/c1-24-9-12(8-15(24)17(22)26)30(28,29)25-4-2-10(3-5-25)18(27)23-11-6-13(19)16(21)14(20)7-11/h6-10H,2-5,21H2,1H3,(H2,22,26)(H,23,27). The molecule has 0 bridgehead atoms. The average molecular weight is 474 g/mol. The Bertz CT molecular complexity index is 1080. The molecular formula is C18H21Cl2N5O4S. The molecule has 2 aromatic rings. The van der Waals surface area contributed by atoms with Crippen molar-refractivity contribution in [3.8, 4) is 0 Å². The van der Waals surface area contributed by atoms with Crippen LogP contribution in [0.15, 0.2) is 29.3 Å². The Morgan fingerprint density at radius 2 is 1.70 bits per heavy atom. The number of anilines is 2. The first-order chi connectivity index (χ1) is 14.0. The molecule has 1 aliphatic rings. The molecule has 1 aromatic carbocycles. The highest BCUT2D eigenvalue weighted by atomic mass is 35.5. The molecule has 0 atom stereocenters. The number of primary amides is 1. The zero-order valence-electron chi connectivity index (χ0n) is 16.1. The normalized spacial score (nSPS) is 15.8. The maximum Gasteiger partial charge on any atom is 0.265 e. The molecule has 30 heavy (non-hydrogen) atoms. The number of hydrogen-bond donors (Lipinski definition) is 3. The van der Waals surface area contributed by atoms with Gasteiger partial charge >= 0.3 is 0 Å². The number of aryl methyl sites for hydroxylation is 1. The van der Waals surface area contributed by atoms with E-state index in [0.29, 0.717) is 18.5 Å². The van der Waals surface area contributed by atoms with Crippen molar-refractivity contribution in [3.05, 3.63) is 40.1 Å². The van der Waals surface area contributed by atoms with E-state index >= 15 is 0 Å². The van der Waals surface area contributed by atoms with E-state index in [1.54, 1.807) is 7.05 Å². The van der Waals surface area contributed by atoms with E-state index in [-0.39, 0.29) is 51.2 Å². The topological polar surface area (TPSA) is 141 Å². The van der Waals surface area contributed by atoms with Crippen LogP contribution in [-0.4, -0.2) is 42.2 Å². The van der Waals surface area contributed by atoms with E-state index in [1.165, 1.54) is 33.3 Å². The maximum atomic E-state index is 12.9. The number of nitrogens with two attached hydrogens (primary N) is 2. The fraction of sp³-hybridized carbons (Fsp3) is 0.333. The fourth-order valence-corrected chi connectivity index (χ4v) is 5.36. The number of piperidine rings is 1. The highest BCUT2D eigenvalue weighted by Crippen LogP contribution is 2.32. The van der Waals surface area contributed by atoms with Gasteiger partial charge < -0.3 is 21.4 Å². The van der Waals surface area contributed by atoms with Crippen LogP contribution in [0.2, 0.25) is 10.0 Å². The molecule has 5 N–H and O–H groups in total. The van der Waals surface area contributed by atoms with Crippen LogP contribution in [0.5, 0.6) is 0 Å². The zero-order chi connectivity index (χ0) is 22.2. The lowest BCUT2D eigenvalue weighted by atomic mass is 9.97. The van der Waals surface area contributed by atoms with Gasteiger partial charge in [-0.25, -0.2) is 8.42 Å². The van der Waals surface area contributed by atoms with E-state index in [9.17, 15) is 18.0 Å². The third kappa shape index (κ3) is 4.41. The lowest BCUT2D eigenvalue weighted by Crippen LogP contribution is -2.41. The Morgan fingerprint density at radius 3 is 2.20 bits per heavy atom. The van der Waals surface area contributed by atoms with Gasteiger partial charge in [0, 0.05) is 37.9 Å². The number of nitrogens with one attached hydrogen (secondary N) is 1. The minimum absolute atomic E-state index is 0.00661. The van der Waals surface area contributed by atoms with Gasteiger partial charge in [-0.15, -0.1) is 0 Å². The second-order valence-corrected chi connectivity index (χ2v) is 9.81. The summed E-state index contributed by atoms with van der Waals surface area (Å²) in [5.74, 6) is -1.33. The summed E-state index contributed by atoms with van der Waals surface area (Å²) in [6.45, 7) is 0.342. The van der Waals surface area contributed by atoms with E-state index < -0.39 is 15.9 Å². The van der Waals surface area contributed by atoms with Crippen LogP contribution in [0.25, 0.3) is 0 Å². The third-order valence-corrected chi connectivity index (χ3v) is 7.53. The fourth-order valence-electron chi connectivity index (χ4n) is 3.33. The number of halogens is 2. The second-order valence-electron chi connectivity index (χ2n) is 7.06. The number of amides is 2. The van der Waals surface area contributed by atoms with Crippen molar-refractivity contribution in [1.82, 2.24) is 8.87 Å². The van der Waals surface area contributed by atoms with Crippen LogP contribution < -0.4 is 16.8 Å². The molecule has 0 radical (unpaired) electrons. The predicted octanol–water partition coefficient (Wildman–Crippen LogP) is 2.05. The predicted molar refractivity (Wildman–Crippen MR) is 115 cm³/mol. The number of hydrogen-bond acceptors (Lipinski definition) is 5. The van der Waals surface area contributed by atoms with Gasteiger partial charge in [-0.3, -0.25) is 9.59 Å². The van der Waals surface area contributed by atoms with Crippen LogP contribution >= 0.6 is 23.2 Å². The summed E-state index contributed by atoms with van der Waals surface area (Å²) in [7, 11) is -2.25. The number of benzene rings is 1. The molecule has 1 aliphatic heterocycles. The van der Waals surface area contributed by atoms with Crippen molar-refractivity contribution in [2.45, 2.75) is 17.7 Å². The highest BCUT2D eigenvalue weighted by molar-refractivity contribution is 7.89. The number of sulfonamides is 1. The van der Waals surface area contributed by atoms with E-state index in [0.717, 1.165) is 0 Å². The van der Waals surface area contributed by atoms with Crippen molar-refractivity contribution in [2.24, 2.45) is 18.7 Å². The van der Waals surface area contributed by atoms with Gasteiger partial charge in [-0.2, -0.15) is 4.31 Å². The Hall–Kier alpha value is -2.27. The van der Waals surface area contributed by atoms with Crippen LogP contribution in [0.1, 0.15) is 23.3 Å². The number of carbonyl (C=O) groups is 2. The van der Waals surface area contributed by atoms with E-state index in [4.69, 9.17) is 34.7 Å². The van der Waals surface area contributed by atoms with Crippen molar-refractivity contribution in [3.63, 3.8) is 0 Å². The zero-order valence-corrected chi connectivity index (χ0v) is 18.4. The largest absolute Gasteiger partial charge is 0.396 e. The monoisotopic (exact) mass is 473 g/mol. The van der Waals surface area contributed by atoms with Crippen molar-refractivity contribution in [1.29, 1.82) is 0 Å². The SMILES string of the molecule is Cn1cc(S(=O)(=O)N2CCC(C(=O)Nc3cc(Cl)c(N)c(Cl)c3)CC2)cc1C(N)=O. The van der Waals surface area contributed by atoms with Gasteiger partial charge in [0.15, 0.2) is 0 Å². The van der Waals surface area contributed by atoms with E-state index in [2.05, 4.69) is 5.32 Å². The van der Waals surface area contributed by atoms with Gasteiger partial charge in [0.1, 0.15) is 10.6 Å². The molecule has 0 aliphatic carbocycles. The molecule has 0 saturated carbocycles. The third-order valence-electron chi connectivity index (χ3n) is 5.04. The van der Waals surface area contributed by atoms with Gasteiger partial charge in [-0.1, -0.05) is 23.2 Å². The molecule has 0 spiro atoms. The van der Waals surface area contributed by atoms with Crippen molar-refractivity contribution >= 4 is 56.4 Å². The molecule has 3 rings (SSSR count). The first-order valence-electron chi connectivity index (χ1n) is 9.02. The molecule has 162 valence electrons. The molecule has 1 aromatic heterocycles. The number of nitrogen functional groups attached to an aromatic ring is 1. The number of carbonyl (C=O) groups excluding carboxylic acids is 2. The molecule has 12 heteroatoms. The number of nitrogens with zero attached hydrogens (tertiary/aromatic N) is 2. The first kappa shape index (κ1) is 22.4. The van der Waals surface area contributed by atoms with Gasteiger partial charge in [0.05, 0.1) is 15.7 Å². The Morgan fingerprint density at radius 1 is 1.13 bits per heavy atom. The molecule has 0 unspecified atom stereocenters. The molecule has 2 amide bonds. The summed E-state index contributed by atoms with van der Waals surface area (Å²) in [6, 6.07) is 4.27. The van der Waals surface area contributed by atoms with Crippen LogP contribution in [0.4, 0.5) is 11.4 Å². The Balaban J connectivity index is 1.66. The molecule has 2 heterocycles. The number of rotatable bonds is 5. The van der Waals surface area contributed by atoms with Crippen LogP contribution in [0, 0.1) is 5.92 Å². The minimum Gasteiger partial charge on any atom is -0.396 e. The van der Waals surface area contributed by atoms with Crippen LogP contribution in [-0.2, 0) is 21.9 Å². The maximum absolute atomic E-state index is 12.9. The summed E-state index contributed by atoms with van der Waals surface area (Å²) in [6.07, 6.45) is 2.04. The summed E-state index contributed by atoms with van der Waals surface area (Å²) < 4.78 is 28.4. The van der Waals surface area contributed by atoms with Gasteiger partial charge in [-0.05, 0) is 31.0 Å². The molecule has 1 fully saturated rings. The van der Waals surface area contributed by atoms with Gasteiger partial charge in [0.2, 0.25) is 15.9 Å². The average Bonchev–Trinajstić information content (AvgIpc) is 3.09.